The number of nitrogens with zero attached hydrogens (tertiary/aromatic N) is 2. The van der Waals surface area contributed by atoms with E-state index in [0.29, 0.717) is 21.3 Å². The number of aromatic nitrogens is 1. The molecule has 0 aliphatic heterocycles. The summed E-state index contributed by atoms with van der Waals surface area (Å²) in [5.74, 6) is -0.999. The molecule has 11 nitrogen and oxygen atoms in total. The van der Waals surface area contributed by atoms with Crippen molar-refractivity contribution < 1.29 is 37.0 Å². The summed E-state index contributed by atoms with van der Waals surface area (Å²) in [6.45, 7) is 17.5. The van der Waals surface area contributed by atoms with Gasteiger partial charge in [0.25, 0.3) is 0 Å². The fourth-order valence-electron chi connectivity index (χ4n) is 3.92. The van der Waals surface area contributed by atoms with Gasteiger partial charge in [-0.05, 0) is 93.4 Å². The Bertz CT molecular complexity index is 1490. The molecule has 0 spiro atoms. The van der Waals surface area contributed by atoms with Crippen molar-refractivity contribution in [1.82, 2.24) is 9.88 Å². The number of anilines is 1. The van der Waals surface area contributed by atoms with Crippen LogP contribution in [-0.2, 0) is 33.6 Å². The van der Waals surface area contributed by atoms with Crippen LogP contribution in [0.15, 0.2) is 23.1 Å². The maximum atomic E-state index is 13.3. The first-order chi connectivity index (χ1) is 20.4. The van der Waals surface area contributed by atoms with E-state index >= 15 is 0 Å². The number of amides is 2. The third-order valence-electron chi connectivity index (χ3n) is 5.80. The number of nitrogens with one attached hydrogen (secondary N) is 1. The molecule has 252 valence electrons. The summed E-state index contributed by atoms with van der Waals surface area (Å²) in [5, 5.41) is 3.22. The monoisotopic (exact) mass is 687 g/mol. The van der Waals surface area contributed by atoms with Crippen molar-refractivity contribution in [2.24, 2.45) is 0 Å². The molecule has 0 unspecified atom stereocenters. The molecule has 0 saturated carbocycles. The van der Waals surface area contributed by atoms with Gasteiger partial charge in [0, 0.05) is 19.2 Å². The van der Waals surface area contributed by atoms with E-state index in [-0.39, 0.29) is 41.8 Å². The highest BCUT2D eigenvalue weighted by molar-refractivity contribution is 7.90. The zero-order valence-electron chi connectivity index (χ0n) is 28.0. The van der Waals surface area contributed by atoms with Crippen LogP contribution in [0.2, 0.25) is 5.02 Å². The average molecular weight is 688 g/mol. The van der Waals surface area contributed by atoms with Crippen LogP contribution in [0.4, 0.5) is 9.93 Å². The number of esters is 1. The lowest BCUT2D eigenvalue weighted by atomic mass is 10.1. The first kappa shape index (κ1) is 38.4. The molecule has 1 N–H and O–H groups in total. The first-order valence-corrected chi connectivity index (χ1v) is 17.6. The van der Waals surface area contributed by atoms with Gasteiger partial charge >= 0.3 is 12.1 Å². The lowest BCUT2D eigenvalue weighted by Gasteiger charge is -2.35. The Morgan fingerprint density at radius 1 is 1.00 bits per heavy atom. The normalized spacial score (nSPS) is 13.2. The molecule has 0 aliphatic rings. The van der Waals surface area contributed by atoms with Crippen molar-refractivity contribution in [3.05, 3.63) is 28.9 Å². The van der Waals surface area contributed by atoms with E-state index in [1.54, 1.807) is 54.5 Å². The quantitative estimate of drug-likeness (QED) is 0.257. The maximum Gasteiger partial charge on any atom is 0.411 e. The van der Waals surface area contributed by atoms with E-state index in [2.05, 4.69) is 10.3 Å². The van der Waals surface area contributed by atoms with Crippen molar-refractivity contribution >= 4 is 55.9 Å². The van der Waals surface area contributed by atoms with Crippen LogP contribution < -0.4 is 5.32 Å². The molecule has 1 aromatic carbocycles. The molecule has 2 amide bonds. The number of thiazole rings is 1. The number of aryl methyl sites for hydroxylation is 1. The minimum atomic E-state index is -3.55. The van der Waals surface area contributed by atoms with Gasteiger partial charge in [-0.25, -0.2) is 23.0 Å². The van der Waals surface area contributed by atoms with E-state index in [1.807, 2.05) is 20.8 Å². The van der Waals surface area contributed by atoms with Gasteiger partial charge in [0.1, 0.15) is 11.2 Å². The van der Waals surface area contributed by atoms with E-state index < -0.39 is 44.7 Å². The number of hydrogen-bond acceptors (Lipinski definition) is 10. The molecular weight excluding hydrogens is 642 g/mol. The number of benzene rings is 1. The Balaban J connectivity index is 2.23. The molecular formula is C31H46ClN3O8S2. The van der Waals surface area contributed by atoms with Gasteiger partial charge in [-0.1, -0.05) is 29.0 Å². The Kier molecular flexibility index (Phi) is 12.6. The maximum absolute atomic E-state index is 13.3. The van der Waals surface area contributed by atoms with Gasteiger partial charge < -0.3 is 19.5 Å². The zero-order valence-corrected chi connectivity index (χ0v) is 30.4. The fraction of sp³-hybridized carbons (Fsp3) is 0.613. The van der Waals surface area contributed by atoms with Gasteiger partial charge in [-0.2, -0.15) is 0 Å². The number of halogens is 1. The summed E-state index contributed by atoms with van der Waals surface area (Å²) in [7, 11) is -3.55. The second kappa shape index (κ2) is 14.8. The molecule has 0 fully saturated rings. The minimum absolute atomic E-state index is 0.00665. The molecule has 0 aliphatic carbocycles. The van der Waals surface area contributed by atoms with Gasteiger partial charge in [0.15, 0.2) is 21.0 Å². The van der Waals surface area contributed by atoms with Crippen molar-refractivity contribution in [1.29, 1.82) is 0 Å². The van der Waals surface area contributed by atoms with Crippen molar-refractivity contribution in [3.63, 3.8) is 0 Å². The first-order valence-electron chi connectivity index (χ1n) is 14.5. The van der Waals surface area contributed by atoms with Crippen molar-refractivity contribution in [3.8, 4) is 10.4 Å². The fourth-order valence-corrected chi connectivity index (χ4v) is 6.20. The van der Waals surface area contributed by atoms with Crippen LogP contribution in [-0.4, -0.2) is 78.5 Å². The Hall–Kier alpha value is -2.74. The third kappa shape index (κ3) is 12.9. The zero-order chi connectivity index (χ0) is 34.5. The number of carbonyl (C=O) groups excluding carboxylic acids is 3. The highest BCUT2D eigenvalue weighted by Gasteiger charge is 2.37. The van der Waals surface area contributed by atoms with E-state index in [4.69, 9.17) is 25.8 Å². The van der Waals surface area contributed by atoms with E-state index in [1.165, 1.54) is 28.4 Å². The number of ether oxygens (including phenoxy) is 3. The van der Waals surface area contributed by atoms with Gasteiger partial charge in [-0.3, -0.25) is 9.69 Å². The summed E-state index contributed by atoms with van der Waals surface area (Å²) in [6.07, 6.45) is 0.563. The molecule has 1 heterocycles. The summed E-state index contributed by atoms with van der Waals surface area (Å²) in [5.41, 5.74) is -1.02. The Labute approximate surface area is 275 Å². The molecule has 14 heteroatoms. The number of carbonyl (C=O) groups is 3. The van der Waals surface area contributed by atoms with E-state index in [9.17, 15) is 22.8 Å². The standard InChI is InChI=1S/C31H46ClN3O8S2/c1-19-25(20-14-15-21(32)23(17-20)45(11,39)40)44-27(33-19)34-24(36)13-12-16-35(28(38)43-31(8,9)10)22(18-41-29(2,3)4)26(37)42-30(5,6)7/h14-15,17,22H,12-13,16,18H2,1-11H3,(H,33,34,36)/t22-/m0/s1. The van der Waals surface area contributed by atoms with Crippen LogP contribution in [0.1, 0.15) is 80.8 Å². The lowest BCUT2D eigenvalue weighted by molar-refractivity contribution is -0.165. The Morgan fingerprint density at radius 3 is 2.13 bits per heavy atom. The molecule has 0 saturated heterocycles. The van der Waals surface area contributed by atoms with Gasteiger partial charge in [-0.15, -0.1) is 0 Å². The van der Waals surface area contributed by atoms with E-state index in [0.717, 1.165) is 6.26 Å². The second-order valence-electron chi connectivity index (χ2n) is 13.6. The summed E-state index contributed by atoms with van der Waals surface area (Å²) in [4.78, 5) is 45.9. The third-order valence-corrected chi connectivity index (χ3v) is 8.50. The highest BCUT2D eigenvalue weighted by atomic mass is 35.5. The Morgan fingerprint density at radius 2 is 1.60 bits per heavy atom. The van der Waals surface area contributed by atoms with Gasteiger partial charge in [0.05, 0.1) is 32.7 Å². The molecule has 0 radical (unpaired) electrons. The van der Waals surface area contributed by atoms with Gasteiger partial charge in [0.2, 0.25) is 5.91 Å². The molecule has 2 aromatic rings. The molecule has 0 bridgehead atoms. The number of hydrogen-bond donors (Lipinski definition) is 1. The summed E-state index contributed by atoms with van der Waals surface area (Å²) >= 11 is 7.29. The summed E-state index contributed by atoms with van der Waals surface area (Å²) < 4.78 is 41.4. The smallest absolute Gasteiger partial charge is 0.411 e. The largest absolute Gasteiger partial charge is 0.458 e. The van der Waals surface area contributed by atoms with Crippen molar-refractivity contribution in [2.45, 2.75) is 110 Å². The predicted octanol–water partition coefficient (Wildman–Crippen LogP) is 6.66. The second-order valence-corrected chi connectivity index (χ2v) is 17.0. The SMILES string of the molecule is Cc1nc(NC(=O)CCCN(C(=O)OC(C)(C)C)[C@@H](COC(C)(C)C)C(=O)OC(C)(C)C)sc1-c1ccc(Cl)c(S(C)(=O)=O)c1. The molecule has 1 aromatic heterocycles. The molecule has 45 heavy (non-hydrogen) atoms. The van der Waals surface area contributed by atoms with Crippen LogP contribution in [0.3, 0.4) is 0 Å². The summed E-state index contributed by atoms with van der Waals surface area (Å²) in [6, 6.07) is 3.58. The minimum Gasteiger partial charge on any atom is -0.458 e. The molecule has 1 atom stereocenters. The van der Waals surface area contributed by atoms with Crippen LogP contribution in [0.5, 0.6) is 0 Å². The van der Waals surface area contributed by atoms with Crippen LogP contribution in [0, 0.1) is 6.92 Å². The predicted molar refractivity (Wildman–Crippen MR) is 177 cm³/mol. The van der Waals surface area contributed by atoms with Crippen LogP contribution in [0.25, 0.3) is 10.4 Å². The highest BCUT2D eigenvalue weighted by Crippen LogP contribution is 2.35. The van der Waals surface area contributed by atoms with Crippen LogP contribution >= 0.6 is 22.9 Å². The van der Waals surface area contributed by atoms with Crippen molar-refractivity contribution in [2.75, 3.05) is 24.7 Å². The number of rotatable bonds is 11. The number of sulfone groups is 1. The topological polar surface area (TPSA) is 141 Å². The molecule has 2 rings (SSSR count). The lowest BCUT2D eigenvalue weighted by Crippen LogP contribution is -2.52. The average Bonchev–Trinajstić information content (AvgIpc) is 3.19.